The zero-order valence-electron chi connectivity index (χ0n) is 7.26. The van der Waals surface area contributed by atoms with Crippen molar-refractivity contribution in [3.63, 3.8) is 0 Å². The van der Waals surface area contributed by atoms with Crippen LogP contribution in [-0.4, -0.2) is 17.6 Å². The van der Waals surface area contributed by atoms with E-state index in [2.05, 4.69) is 5.32 Å². The molecule has 0 aliphatic rings. The van der Waals surface area contributed by atoms with Crippen LogP contribution in [0, 0.1) is 11.6 Å². The minimum absolute atomic E-state index is 0.0220. The molecule has 0 bridgehead atoms. The molecule has 0 aliphatic carbocycles. The van der Waals surface area contributed by atoms with Crippen molar-refractivity contribution < 1.29 is 18.7 Å². The van der Waals surface area contributed by atoms with Gasteiger partial charge in [-0.1, -0.05) is 6.07 Å². The van der Waals surface area contributed by atoms with Crippen LogP contribution in [-0.2, 0) is 4.79 Å². The van der Waals surface area contributed by atoms with Gasteiger partial charge in [-0.2, -0.15) is 0 Å². The third-order valence-electron chi connectivity index (χ3n) is 1.61. The number of hydrogen-bond donors (Lipinski definition) is 2. The molecule has 0 heterocycles. The smallest absolute Gasteiger partial charge is 0.305 e. The molecule has 0 amide bonds. The van der Waals surface area contributed by atoms with Crippen LogP contribution in [0.1, 0.15) is 6.42 Å². The van der Waals surface area contributed by atoms with E-state index in [4.69, 9.17) is 5.11 Å². The molecule has 0 fully saturated rings. The van der Waals surface area contributed by atoms with Gasteiger partial charge in [-0.05, 0) is 12.1 Å². The van der Waals surface area contributed by atoms with Gasteiger partial charge in [-0.3, -0.25) is 4.79 Å². The van der Waals surface area contributed by atoms with Crippen molar-refractivity contribution in [2.24, 2.45) is 0 Å². The minimum atomic E-state index is -0.991. The fourth-order valence-electron chi connectivity index (χ4n) is 0.944. The fraction of sp³-hybridized carbons (Fsp3) is 0.222. The monoisotopic (exact) mass is 201 g/mol. The first kappa shape index (κ1) is 10.4. The summed E-state index contributed by atoms with van der Waals surface area (Å²) in [5, 5.41) is 10.8. The number of rotatable bonds is 4. The van der Waals surface area contributed by atoms with E-state index in [9.17, 15) is 13.6 Å². The molecule has 0 radical (unpaired) electrons. The van der Waals surface area contributed by atoms with Gasteiger partial charge in [-0.15, -0.1) is 0 Å². The molecule has 1 aromatic rings. The molecule has 0 aromatic heterocycles. The molecule has 0 aliphatic heterocycles. The number of aliphatic carboxylic acids is 1. The predicted molar refractivity (Wildman–Crippen MR) is 47.1 cm³/mol. The second kappa shape index (κ2) is 4.55. The van der Waals surface area contributed by atoms with Crippen molar-refractivity contribution >= 4 is 11.7 Å². The Hall–Kier alpha value is -1.65. The first-order valence-corrected chi connectivity index (χ1v) is 4.01. The molecule has 0 atom stereocenters. The maximum absolute atomic E-state index is 12.9. The van der Waals surface area contributed by atoms with E-state index in [-0.39, 0.29) is 18.7 Å². The molecular weight excluding hydrogens is 192 g/mol. The molecule has 3 nitrogen and oxygen atoms in total. The average Bonchev–Trinajstić information content (AvgIpc) is 2.12. The molecule has 0 saturated heterocycles. The molecule has 0 saturated carbocycles. The van der Waals surface area contributed by atoms with Crippen LogP contribution in [0.4, 0.5) is 14.5 Å². The second-order valence-corrected chi connectivity index (χ2v) is 2.67. The summed E-state index contributed by atoms with van der Waals surface area (Å²) in [6.45, 7) is 0.0652. The second-order valence-electron chi connectivity index (χ2n) is 2.67. The number of anilines is 1. The van der Waals surface area contributed by atoms with Gasteiger partial charge in [0.1, 0.15) is 0 Å². The van der Waals surface area contributed by atoms with Crippen LogP contribution in [0.3, 0.4) is 0 Å². The van der Waals surface area contributed by atoms with E-state index < -0.39 is 17.6 Å². The van der Waals surface area contributed by atoms with E-state index in [1.807, 2.05) is 0 Å². The predicted octanol–water partition coefficient (Wildman–Crippen LogP) is 1.85. The van der Waals surface area contributed by atoms with Crippen molar-refractivity contribution in [1.82, 2.24) is 0 Å². The summed E-state index contributed by atoms with van der Waals surface area (Å²) in [4.78, 5) is 10.1. The van der Waals surface area contributed by atoms with Crippen LogP contribution in [0.2, 0.25) is 0 Å². The van der Waals surface area contributed by atoms with Gasteiger partial charge in [0.05, 0.1) is 12.1 Å². The van der Waals surface area contributed by atoms with Crippen molar-refractivity contribution in [2.45, 2.75) is 6.42 Å². The maximum Gasteiger partial charge on any atom is 0.305 e. The topological polar surface area (TPSA) is 49.3 Å². The van der Waals surface area contributed by atoms with Crippen LogP contribution in [0.25, 0.3) is 0 Å². The van der Waals surface area contributed by atoms with Gasteiger partial charge in [0.2, 0.25) is 0 Å². The SMILES string of the molecule is O=C(O)CCNc1cccc(F)c1F. The number of nitrogens with one attached hydrogen (secondary N) is 1. The summed E-state index contributed by atoms with van der Waals surface area (Å²) in [7, 11) is 0. The van der Waals surface area contributed by atoms with Gasteiger partial charge in [0, 0.05) is 6.54 Å². The van der Waals surface area contributed by atoms with E-state index in [1.54, 1.807) is 0 Å². The fourth-order valence-corrected chi connectivity index (χ4v) is 0.944. The number of halogens is 2. The standard InChI is InChI=1S/C9H9F2NO2/c10-6-2-1-3-7(9(6)11)12-5-4-8(13)14/h1-3,12H,4-5H2,(H,13,14). The summed E-state index contributed by atoms with van der Waals surface area (Å²) in [5.41, 5.74) is -0.0220. The Labute approximate surface area is 79.4 Å². The Morgan fingerprint density at radius 3 is 2.79 bits per heavy atom. The highest BCUT2D eigenvalue weighted by molar-refractivity contribution is 5.67. The van der Waals surface area contributed by atoms with E-state index in [0.717, 1.165) is 6.07 Å². The van der Waals surface area contributed by atoms with Crippen LogP contribution in [0.5, 0.6) is 0 Å². The van der Waals surface area contributed by atoms with E-state index in [1.165, 1.54) is 12.1 Å². The molecule has 5 heteroatoms. The Kier molecular flexibility index (Phi) is 3.39. The molecule has 1 aromatic carbocycles. The molecule has 14 heavy (non-hydrogen) atoms. The molecule has 76 valence electrons. The van der Waals surface area contributed by atoms with Crippen molar-refractivity contribution in [2.75, 3.05) is 11.9 Å². The number of carbonyl (C=O) groups is 1. The summed E-state index contributed by atoms with van der Waals surface area (Å²) in [6.07, 6.45) is -0.143. The number of carboxylic acid groups (broad SMARTS) is 1. The summed E-state index contributed by atoms with van der Waals surface area (Å²) < 4.78 is 25.6. The highest BCUT2D eigenvalue weighted by atomic mass is 19.2. The lowest BCUT2D eigenvalue weighted by Gasteiger charge is -2.05. The zero-order chi connectivity index (χ0) is 10.6. The third kappa shape index (κ3) is 2.69. The lowest BCUT2D eigenvalue weighted by atomic mass is 10.3. The minimum Gasteiger partial charge on any atom is -0.481 e. The number of hydrogen-bond acceptors (Lipinski definition) is 2. The molecule has 1 rings (SSSR count). The summed E-state index contributed by atoms with van der Waals surface area (Å²) in [6, 6.07) is 3.69. The Balaban J connectivity index is 2.59. The Bertz CT molecular complexity index is 342. The van der Waals surface area contributed by atoms with Crippen molar-refractivity contribution in [1.29, 1.82) is 0 Å². The summed E-state index contributed by atoms with van der Waals surface area (Å²) >= 11 is 0. The van der Waals surface area contributed by atoms with Crippen LogP contribution < -0.4 is 5.32 Å². The highest BCUT2D eigenvalue weighted by Gasteiger charge is 2.06. The van der Waals surface area contributed by atoms with Crippen LogP contribution in [0.15, 0.2) is 18.2 Å². The third-order valence-corrected chi connectivity index (χ3v) is 1.61. The Morgan fingerprint density at radius 1 is 1.43 bits per heavy atom. The van der Waals surface area contributed by atoms with Gasteiger partial charge in [-0.25, -0.2) is 8.78 Å². The lowest BCUT2D eigenvalue weighted by Crippen LogP contribution is -2.09. The van der Waals surface area contributed by atoms with Crippen LogP contribution >= 0.6 is 0 Å². The first-order chi connectivity index (χ1) is 6.61. The largest absolute Gasteiger partial charge is 0.481 e. The van der Waals surface area contributed by atoms with Crippen molar-refractivity contribution in [3.05, 3.63) is 29.8 Å². The number of benzene rings is 1. The average molecular weight is 201 g/mol. The summed E-state index contributed by atoms with van der Waals surface area (Å²) in [5.74, 6) is -2.93. The molecule has 0 spiro atoms. The zero-order valence-corrected chi connectivity index (χ0v) is 7.26. The van der Waals surface area contributed by atoms with E-state index >= 15 is 0 Å². The number of carboxylic acids is 1. The maximum atomic E-state index is 12.9. The van der Waals surface area contributed by atoms with Crippen molar-refractivity contribution in [3.8, 4) is 0 Å². The molecular formula is C9H9F2NO2. The first-order valence-electron chi connectivity index (χ1n) is 4.01. The highest BCUT2D eigenvalue weighted by Crippen LogP contribution is 2.16. The normalized spacial score (nSPS) is 9.86. The quantitative estimate of drug-likeness (QED) is 0.781. The molecule has 0 unspecified atom stereocenters. The van der Waals surface area contributed by atoms with Gasteiger partial charge in [0.15, 0.2) is 11.6 Å². The van der Waals surface area contributed by atoms with Gasteiger partial charge < -0.3 is 10.4 Å². The Morgan fingerprint density at radius 2 is 2.14 bits per heavy atom. The van der Waals surface area contributed by atoms with Gasteiger partial charge >= 0.3 is 5.97 Å². The lowest BCUT2D eigenvalue weighted by molar-refractivity contribution is -0.136. The van der Waals surface area contributed by atoms with E-state index in [0.29, 0.717) is 0 Å². The molecule has 2 N–H and O–H groups in total. The van der Waals surface area contributed by atoms with Gasteiger partial charge in [0.25, 0.3) is 0 Å².